The van der Waals surface area contributed by atoms with Crippen molar-refractivity contribution < 1.29 is 0 Å². The zero-order chi connectivity index (χ0) is 18.0. The molecular formula is C19H20BrN5. The van der Waals surface area contributed by atoms with Crippen LogP contribution in [0.1, 0.15) is 28.3 Å². The molecule has 5 nitrogen and oxygen atoms in total. The Hall–Kier alpha value is -2.47. The highest BCUT2D eigenvalue weighted by atomic mass is 79.9. The van der Waals surface area contributed by atoms with Crippen LogP contribution in [-0.2, 0) is 0 Å². The third-order valence-corrected chi connectivity index (χ3v) is 4.43. The maximum absolute atomic E-state index is 4.32. The number of nitrogens with one attached hydrogen (secondary N) is 1. The van der Waals surface area contributed by atoms with Crippen molar-refractivity contribution in [1.29, 1.82) is 0 Å². The molecule has 3 rings (SSSR count). The maximum atomic E-state index is 4.32. The van der Waals surface area contributed by atoms with E-state index in [0.717, 1.165) is 38.5 Å². The van der Waals surface area contributed by atoms with E-state index in [-0.39, 0.29) is 0 Å². The first-order chi connectivity index (χ1) is 11.9. The normalized spacial score (nSPS) is 11.2. The van der Waals surface area contributed by atoms with E-state index >= 15 is 0 Å². The highest BCUT2D eigenvalue weighted by molar-refractivity contribution is 9.10. The van der Waals surface area contributed by atoms with E-state index in [1.807, 2.05) is 32.0 Å². The van der Waals surface area contributed by atoms with E-state index in [4.69, 9.17) is 0 Å². The molecule has 0 aliphatic rings. The van der Waals surface area contributed by atoms with Crippen LogP contribution >= 0.6 is 15.9 Å². The van der Waals surface area contributed by atoms with Crippen molar-refractivity contribution in [1.82, 2.24) is 14.5 Å². The molecule has 1 N–H and O–H groups in total. The zero-order valence-corrected chi connectivity index (χ0v) is 16.3. The fourth-order valence-electron chi connectivity index (χ4n) is 2.84. The van der Waals surface area contributed by atoms with Gasteiger partial charge in [0.05, 0.1) is 6.21 Å². The summed E-state index contributed by atoms with van der Waals surface area (Å²) >= 11 is 3.48. The molecule has 0 spiro atoms. The average molecular weight is 398 g/mol. The lowest BCUT2D eigenvalue weighted by atomic mass is 10.2. The second kappa shape index (κ2) is 7.19. The fraction of sp³-hybridized carbons (Fsp3) is 0.211. The van der Waals surface area contributed by atoms with Crippen LogP contribution in [-0.4, -0.2) is 20.7 Å². The summed E-state index contributed by atoms with van der Waals surface area (Å²) in [4.78, 5) is 8.64. The van der Waals surface area contributed by atoms with E-state index in [1.54, 1.807) is 6.21 Å². The van der Waals surface area contributed by atoms with Gasteiger partial charge in [0.25, 0.3) is 0 Å². The van der Waals surface area contributed by atoms with Crippen molar-refractivity contribution in [2.45, 2.75) is 27.7 Å². The number of aromatic nitrogens is 3. The molecule has 0 aliphatic heterocycles. The number of halogens is 1. The van der Waals surface area contributed by atoms with Crippen molar-refractivity contribution in [3.05, 3.63) is 69.2 Å². The number of benzene rings is 1. The van der Waals surface area contributed by atoms with Gasteiger partial charge in [-0.15, -0.1) is 0 Å². The molecular weight excluding hydrogens is 378 g/mol. The molecule has 0 atom stereocenters. The topological polar surface area (TPSA) is 55.1 Å². The van der Waals surface area contributed by atoms with E-state index in [2.05, 4.69) is 73.0 Å². The summed E-state index contributed by atoms with van der Waals surface area (Å²) in [5.74, 6) is 0.510. The van der Waals surface area contributed by atoms with Crippen LogP contribution in [0.4, 0.5) is 5.95 Å². The van der Waals surface area contributed by atoms with Crippen LogP contribution in [0.25, 0.3) is 5.69 Å². The average Bonchev–Trinajstić information content (AvgIpc) is 2.82. The van der Waals surface area contributed by atoms with Crippen molar-refractivity contribution in [3.8, 4) is 5.69 Å². The summed E-state index contributed by atoms with van der Waals surface area (Å²) in [7, 11) is 0. The summed E-state index contributed by atoms with van der Waals surface area (Å²) in [6.45, 7) is 8.06. The van der Waals surface area contributed by atoms with Crippen molar-refractivity contribution in [3.63, 3.8) is 0 Å². The van der Waals surface area contributed by atoms with Gasteiger partial charge in [-0.25, -0.2) is 15.4 Å². The molecule has 2 aromatic heterocycles. The highest BCUT2D eigenvalue weighted by Gasteiger charge is 2.09. The summed E-state index contributed by atoms with van der Waals surface area (Å²) < 4.78 is 3.28. The van der Waals surface area contributed by atoms with Gasteiger partial charge in [0.15, 0.2) is 0 Å². The molecule has 0 saturated heterocycles. The molecule has 0 amide bonds. The zero-order valence-electron chi connectivity index (χ0n) is 14.7. The predicted molar refractivity (Wildman–Crippen MR) is 106 cm³/mol. The number of anilines is 1. The van der Waals surface area contributed by atoms with Crippen molar-refractivity contribution in [2.75, 3.05) is 5.43 Å². The molecule has 0 fully saturated rings. The van der Waals surface area contributed by atoms with E-state index in [9.17, 15) is 0 Å². The Labute approximate surface area is 156 Å². The Morgan fingerprint density at radius 1 is 1.00 bits per heavy atom. The Morgan fingerprint density at radius 3 is 2.28 bits per heavy atom. The van der Waals surface area contributed by atoms with Gasteiger partial charge in [-0.05, 0) is 64.1 Å². The molecule has 25 heavy (non-hydrogen) atoms. The van der Waals surface area contributed by atoms with Gasteiger partial charge in [-0.1, -0.05) is 15.9 Å². The van der Waals surface area contributed by atoms with Crippen LogP contribution in [0.3, 0.4) is 0 Å². The molecule has 0 bridgehead atoms. The van der Waals surface area contributed by atoms with Gasteiger partial charge in [0.2, 0.25) is 5.95 Å². The Kier molecular flexibility index (Phi) is 4.99. The number of nitrogens with zero attached hydrogens (tertiary/aromatic N) is 4. The van der Waals surface area contributed by atoms with Gasteiger partial charge in [0, 0.05) is 38.5 Å². The Balaban J connectivity index is 1.84. The van der Waals surface area contributed by atoms with Gasteiger partial charge in [-0.3, -0.25) is 0 Å². The standard InChI is InChI=1S/C19H20BrN5/c1-12-9-13(2)23-19(22-12)24-21-11-16-10-14(3)25(15(16)4)18-7-5-17(20)6-8-18/h5-11H,1-4H3,(H,22,23,24). The van der Waals surface area contributed by atoms with Crippen molar-refractivity contribution >= 4 is 28.1 Å². The Morgan fingerprint density at radius 2 is 1.64 bits per heavy atom. The number of aryl methyl sites for hydroxylation is 3. The predicted octanol–water partition coefficient (Wildman–Crippen LogP) is 4.71. The van der Waals surface area contributed by atoms with Crippen LogP contribution < -0.4 is 5.43 Å². The quantitative estimate of drug-likeness (QED) is 0.512. The first-order valence-corrected chi connectivity index (χ1v) is 8.79. The SMILES string of the molecule is Cc1cc(C)nc(NN=Cc2cc(C)n(-c3ccc(Br)cc3)c2C)n1. The van der Waals surface area contributed by atoms with E-state index in [1.165, 1.54) is 0 Å². The molecule has 2 heterocycles. The first kappa shape index (κ1) is 17.4. The van der Waals surface area contributed by atoms with Gasteiger partial charge >= 0.3 is 0 Å². The number of hydrazone groups is 1. The molecule has 0 unspecified atom stereocenters. The van der Waals surface area contributed by atoms with E-state index < -0.39 is 0 Å². The third kappa shape index (κ3) is 3.96. The van der Waals surface area contributed by atoms with Crippen LogP contribution in [0.2, 0.25) is 0 Å². The lowest BCUT2D eigenvalue weighted by Crippen LogP contribution is -2.01. The maximum Gasteiger partial charge on any atom is 0.243 e. The van der Waals surface area contributed by atoms with Crippen LogP contribution in [0, 0.1) is 27.7 Å². The molecule has 1 aromatic carbocycles. The second-order valence-corrected chi connectivity index (χ2v) is 6.90. The molecule has 3 aromatic rings. The summed E-state index contributed by atoms with van der Waals surface area (Å²) in [5, 5.41) is 4.30. The molecule has 0 radical (unpaired) electrons. The lowest BCUT2D eigenvalue weighted by molar-refractivity contribution is 0.964. The monoisotopic (exact) mass is 397 g/mol. The molecule has 6 heteroatoms. The fourth-order valence-corrected chi connectivity index (χ4v) is 3.11. The first-order valence-electron chi connectivity index (χ1n) is 8.00. The number of hydrogen-bond acceptors (Lipinski definition) is 4. The minimum atomic E-state index is 0.510. The molecule has 0 aliphatic carbocycles. The second-order valence-electron chi connectivity index (χ2n) is 5.98. The Bertz CT molecular complexity index is 905. The number of hydrogen-bond donors (Lipinski definition) is 1. The van der Waals surface area contributed by atoms with E-state index in [0.29, 0.717) is 5.95 Å². The minimum Gasteiger partial charge on any atom is -0.318 e. The summed E-state index contributed by atoms with van der Waals surface area (Å²) in [6.07, 6.45) is 1.80. The van der Waals surface area contributed by atoms with Gasteiger partial charge in [0.1, 0.15) is 0 Å². The highest BCUT2D eigenvalue weighted by Crippen LogP contribution is 2.21. The largest absolute Gasteiger partial charge is 0.318 e. The lowest BCUT2D eigenvalue weighted by Gasteiger charge is -2.09. The smallest absolute Gasteiger partial charge is 0.243 e. The van der Waals surface area contributed by atoms with Crippen molar-refractivity contribution in [2.24, 2.45) is 5.10 Å². The molecule has 0 saturated carbocycles. The summed E-state index contributed by atoms with van der Waals surface area (Å²) in [6, 6.07) is 12.3. The van der Waals surface area contributed by atoms with Gasteiger partial charge in [-0.2, -0.15) is 5.10 Å². The third-order valence-electron chi connectivity index (χ3n) is 3.91. The van der Waals surface area contributed by atoms with Crippen LogP contribution in [0.5, 0.6) is 0 Å². The molecule has 128 valence electrons. The minimum absolute atomic E-state index is 0.510. The summed E-state index contributed by atoms with van der Waals surface area (Å²) in [5.41, 5.74) is 9.21. The van der Waals surface area contributed by atoms with Crippen LogP contribution in [0.15, 0.2) is 46.0 Å². The van der Waals surface area contributed by atoms with Gasteiger partial charge < -0.3 is 4.57 Å². The number of rotatable bonds is 4.